The SMILES string of the molecule is Cc1ccccc1CN(C)C(=O)CSC(C)C(=O)Nc1c(C)n(C)n(-c2ccccc2)c1=O. The number of rotatable bonds is 8. The van der Waals surface area contributed by atoms with Crippen molar-refractivity contribution < 1.29 is 9.59 Å². The van der Waals surface area contributed by atoms with Gasteiger partial charge in [0.05, 0.1) is 22.4 Å². The van der Waals surface area contributed by atoms with E-state index in [1.54, 1.807) is 37.5 Å². The van der Waals surface area contributed by atoms with Crippen LogP contribution in [0.4, 0.5) is 5.69 Å². The first-order valence-corrected chi connectivity index (χ1v) is 11.8. The lowest BCUT2D eigenvalue weighted by atomic mass is 10.1. The zero-order chi connectivity index (χ0) is 24.1. The van der Waals surface area contributed by atoms with E-state index < -0.39 is 5.25 Å². The highest BCUT2D eigenvalue weighted by Crippen LogP contribution is 2.18. The fourth-order valence-electron chi connectivity index (χ4n) is 3.45. The molecule has 174 valence electrons. The first kappa shape index (κ1) is 24.4. The summed E-state index contributed by atoms with van der Waals surface area (Å²) in [7, 11) is 3.54. The molecule has 3 rings (SSSR count). The van der Waals surface area contributed by atoms with Crippen LogP contribution in [0.1, 0.15) is 23.7 Å². The molecule has 0 aliphatic rings. The Labute approximate surface area is 198 Å². The summed E-state index contributed by atoms with van der Waals surface area (Å²) in [5, 5.41) is 2.28. The minimum atomic E-state index is -0.495. The van der Waals surface area contributed by atoms with Crippen LogP contribution in [-0.4, -0.2) is 44.1 Å². The lowest BCUT2D eigenvalue weighted by Crippen LogP contribution is -2.31. The summed E-state index contributed by atoms with van der Waals surface area (Å²) in [6, 6.07) is 17.2. The van der Waals surface area contributed by atoms with E-state index in [-0.39, 0.29) is 28.8 Å². The number of thioether (sulfide) groups is 1. The molecule has 0 radical (unpaired) electrons. The maximum absolute atomic E-state index is 13.0. The maximum Gasteiger partial charge on any atom is 0.295 e. The summed E-state index contributed by atoms with van der Waals surface area (Å²) in [5.41, 5.74) is 3.57. The van der Waals surface area contributed by atoms with Gasteiger partial charge in [0, 0.05) is 20.6 Å². The van der Waals surface area contributed by atoms with Gasteiger partial charge in [-0.1, -0.05) is 42.5 Å². The van der Waals surface area contributed by atoms with Gasteiger partial charge in [-0.15, -0.1) is 11.8 Å². The third kappa shape index (κ3) is 5.57. The number of anilines is 1. The van der Waals surface area contributed by atoms with Crippen molar-refractivity contribution in [3.8, 4) is 5.69 Å². The van der Waals surface area contributed by atoms with Gasteiger partial charge in [-0.25, -0.2) is 4.68 Å². The average Bonchev–Trinajstić information content (AvgIpc) is 3.02. The van der Waals surface area contributed by atoms with Gasteiger partial charge in [-0.05, 0) is 44.0 Å². The summed E-state index contributed by atoms with van der Waals surface area (Å²) in [6.07, 6.45) is 0. The average molecular weight is 467 g/mol. The molecule has 3 aromatic rings. The van der Waals surface area contributed by atoms with Gasteiger partial charge in [-0.2, -0.15) is 0 Å². The van der Waals surface area contributed by atoms with Crippen molar-refractivity contribution in [2.75, 3.05) is 18.1 Å². The summed E-state index contributed by atoms with van der Waals surface area (Å²) < 4.78 is 3.24. The Hall–Kier alpha value is -3.26. The molecule has 2 aromatic carbocycles. The Kier molecular flexibility index (Phi) is 7.81. The predicted octanol–water partition coefficient (Wildman–Crippen LogP) is 3.51. The first-order chi connectivity index (χ1) is 15.7. The summed E-state index contributed by atoms with van der Waals surface area (Å²) in [4.78, 5) is 40.0. The molecule has 0 aliphatic heterocycles. The second-order valence-electron chi connectivity index (χ2n) is 8.06. The number of nitrogens with zero attached hydrogens (tertiary/aromatic N) is 3. The molecule has 0 aliphatic carbocycles. The van der Waals surface area contributed by atoms with Gasteiger partial charge in [0.25, 0.3) is 5.56 Å². The molecule has 0 bridgehead atoms. The number of hydrogen-bond donors (Lipinski definition) is 1. The van der Waals surface area contributed by atoms with Gasteiger partial charge in [0.1, 0.15) is 5.69 Å². The van der Waals surface area contributed by atoms with Crippen LogP contribution in [-0.2, 0) is 23.2 Å². The van der Waals surface area contributed by atoms with Crippen LogP contribution >= 0.6 is 11.8 Å². The molecule has 7 nitrogen and oxygen atoms in total. The van der Waals surface area contributed by atoms with Crippen molar-refractivity contribution >= 4 is 29.3 Å². The molecule has 8 heteroatoms. The van der Waals surface area contributed by atoms with Crippen LogP contribution in [0.25, 0.3) is 5.69 Å². The van der Waals surface area contributed by atoms with Gasteiger partial charge >= 0.3 is 0 Å². The van der Waals surface area contributed by atoms with Crippen LogP contribution < -0.4 is 10.9 Å². The normalized spacial score (nSPS) is 11.8. The van der Waals surface area contributed by atoms with Crippen molar-refractivity contribution in [1.29, 1.82) is 0 Å². The van der Waals surface area contributed by atoms with Crippen molar-refractivity contribution in [3.63, 3.8) is 0 Å². The fraction of sp³-hybridized carbons (Fsp3) is 0.320. The van der Waals surface area contributed by atoms with E-state index in [0.29, 0.717) is 12.2 Å². The minimum Gasteiger partial charge on any atom is -0.341 e. The third-order valence-electron chi connectivity index (χ3n) is 5.72. The molecule has 0 saturated carbocycles. The Morgan fingerprint density at radius 3 is 2.36 bits per heavy atom. The number of hydrogen-bond acceptors (Lipinski definition) is 4. The number of carbonyl (C=O) groups is 2. The van der Waals surface area contributed by atoms with Gasteiger partial charge in [0.2, 0.25) is 11.8 Å². The van der Waals surface area contributed by atoms with Crippen LogP contribution in [0.2, 0.25) is 0 Å². The van der Waals surface area contributed by atoms with Crippen molar-refractivity contribution in [2.45, 2.75) is 32.6 Å². The number of aromatic nitrogens is 2. The fourth-order valence-corrected chi connectivity index (χ4v) is 4.27. The highest BCUT2D eigenvalue weighted by Gasteiger charge is 2.22. The van der Waals surface area contributed by atoms with E-state index in [1.165, 1.54) is 16.4 Å². The van der Waals surface area contributed by atoms with Crippen LogP contribution in [0.15, 0.2) is 59.4 Å². The number of carbonyl (C=O) groups excluding carboxylic acids is 2. The van der Waals surface area contributed by atoms with E-state index in [1.807, 2.05) is 61.5 Å². The van der Waals surface area contributed by atoms with Gasteiger partial charge in [0.15, 0.2) is 0 Å². The van der Waals surface area contributed by atoms with Crippen LogP contribution in [0.3, 0.4) is 0 Å². The molecule has 1 atom stereocenters. The van der Waals surface area contributed by atoms with Crippen molar-refractivity contribution in [3.05, 3.63) is 81.8 Å². The number of benzene rings is 2. The van der Waals surface area contributed by atoms with E-state index in [4.69, 9.17) is 0 Å². The quantitative estimate of drug-likeness (QED) is 0.551. The molecule has 2 amide bonds. The smallest absolute Gasteiger partial charge is 0.295 e. The Morgan fingerprint density at radius 2 is 1.70 bits per heavy atom. The lowest BCUT2D eigenvalue weighted by Gasteiger charge is -2.19. The summed E-state index contributed by atoms with van der Waals surface area (Å²) in [5.74, 6) is -0.176. The molecule has 1 aromatic heterocycles. The molecule has 0 saturated heterocycles. The van der Waals surface area contributed by atoms with Crippen molar-refractivity contribution in [1.82, 2.24) is 14.3 Å². The van der Waals surface area contributed by atoms with Crippen LogP contribution in [0.5, 0.6) is 0 Å². The number of amides is 2. The zero-order valence-electron chi connectivity index (χ0n) is 19.7. The molecular formula is C25H30N4O3S. The molecule has 1 heterocycles. The van der Waals surface area contributed by atoms with Crippen LogP contribution in [0, 0.1) is 13.8 Å². The molecule has 1 N–H and O–H groups in total. The first-order valence-electron chi connectivity index (χ1n) is 10.8. The summed E-state index contributed by atoms with van der Waals surface area (Å²) in [6.45, 7) is 6.07. The topological polar surface area (TPSA) is 76.3 Å². The third-order valence-corrected chi connectivity index (χ3v) is 6.85. The maximum atomic E-state index is 13.0. The van der Waals surface area contributed by atoms with E-state index in [2.05, 4.69) is 5.32 Å². The Bertz CT molecular complexity index is 1200. The second kappa shape index (κ2) is 10.6. The Morgan fingerprint density at radius 1 is 1.06 bits per heavy atom. The monoisotopic (exact) mass is 466 g/mol. The van der Waals surface area contributed by atoms with Gasteiger partial charge < -0.3 is 10.2 Å². The minimum absolute atomic E-state index is 0.0507. The molecular weight excluding hydrogens is 436 g/mol. The second-order valence-corrected chi connectivity index (χ2v) is 9.38. The molecule has 33 heavy (non-hydrogen) atoms. The number of aryl methyl sites for hydroxylation is 1. The predicted molar refractivity (Wildman–Crippen MR) is 134 cm³/mol. The van der Waals surface area contributed by atoms with Crippen molar-refractivity contribution in [2.24, 2.45) is 7.05 Å². The zero-order valence-corrected chi connectivity index (χ0v) is 20.5. The number of para-hydroxylation sites is 1. The largest absolute Gasteiger partial charge is 0.341 e. The lowest BCUT2D eigenvalue weighted by molar-refractivity contribution is -0.127. The molecule has 0 spiro atoms. The Balaban J connectivity index is 1.62. The van der Waals surface area contributed by atoms with Gasteiger partial charge in [-0.3, -0.25) is 19.1 Å². The van der Waals surface area contributed by atoms with E-state index in [0.717, 1.165) is 16.8 Å². The van der Waals surface area contributed by atoms with E-state index in [9.17, 15) is 14.4 Å². The standard InChI is InChI=1S/C25H30N4O3S/c1-17-11-9-10-12-20(17)15-27(4)22(30)16-33-19(3)24(31)26-23-18(2)28(5)29(25(23)32)21-13-7-6-8-14-21/h6-14,19H,15-16H2,1-5H3,(H,26,31). The number of nitrogens with one attached hydrogen (secondary N) is 1. The highest BCUT2D eigenvalue weighted by molar-refractivity contribution is 8.01. The highest BCUT2D eigenvalue weighted by atomic mass is 32.2. The molecule has 0 fully saturated rings. The van der Waals surface area contributed by atoms with E-state index >= 15 is 0 Å². The summed E-state index contributed by atoms with van der Waals surface area (Å²) >= 11 is 1.26. The molecule has 1 unspecified atom stereocenters.